The van der Waals surface area contributed by atoms with Crippen molar-refractivity contribution in [3.63, 3.8) is 0 Å². The Bertz CT molecular complexity index is 898. The zero-order valence-corrected chi connectivity index (χ0v) is 13.2. The molecular formula is C22H17NO. The maximum atomic E-state index is 12.8. The molecule has 0 spiro atoms. The van der Waals surface area contributed by atoms with E-state index in [2.05, 4.69) is 18.2 Å². The number of rotatable bonds is 2. The Kier molecular flexibility index (Phi) is 3.72. The average Bonchev–Trinajstić information content (AvgIpc) is 2.79. The lowest BCUT2D eigenvalue weighted by Gasteiger charge is -2.23. The minimum absolute atomic E-state index is 0.0829. The highest BCUT2D eigenvalue weighted by Crippen LogP contribution is 2.38. The summed E-state index contributed by atoms with van der Waals surface area (Å²) in [6, 6.07) is 28.2. The van der Waals surface area contributed by atoms with E-state index in [1.807, 2.05) is 77.7 Å². The van der Waals surface area contributed by atoms with Crippen LogP contribution in [0.25, 0.3) is 5.57 Å². The lowest BCUT2D eigenvalue weighted by molar-refractivity contribution is -0.117. The van der Waals surface area contributed by atoms with Crippen LogP contribution in [0.15, 0.2) is 91.0 Å². The Labute approximate surface area is 141 Å². The number of carbonyl (C=O) groups excluding carboxylic acids is 1. The second-order valence-corrected chi connectivity index (χ2v) is 5.77. The van der Waals surface area contributed by atoms with Crippen LogP contribution < -0.4 is 4.90 Å². The molecule has 3 aromatic rings. The second-order valence-electron chi connectivity index (χ2n) is 5.77. The molecule has 0 unspecified atom stereocenters. The summed E-state index contributed by atoms with van der Waals surface area (Å²) < 4.78 is 0. The third-order valence-corrected chi connectivity index (χ3v) is 4.26. The first kappa shape index (κ1) is 14.5. The van der Waals surface area contributed by atoms with Crippen molar-refractivity contribution < 1.29 is 4.79 Å². The number of carbonyl (C=O) groups is 1. The molecule has 1 aliphatic rings. The van der Waals surface area contributed by atoms with E-state index in [1.54, 1.807) is 0 Å². The van der Waals surface area contributed by atoms with Gasteiger partial charge in [0.05, 0.1) is 5.69 Å². The number of benzene rings is 3. The lowest BCUT2D eigenvalue weighted by Crippen LogP contribution is -2.24. The number of fused-ring (bicyclic) bond motifs is 1. The van der Waals surface area contributed by atoms with E-state index in [1.165, 1.54) is 0 Å². The van der Waals surface area contributed by atoms with E-state index < -0.39 is 0 Å². The first-order valence-corrected chi connectivity index (χ1v) is 8.07. The van der Waals surface area contributed by atoms with Crippen molar-refractivity contribution in [2.45, 2.75) is 6.42 Å². The van der Waals surface area contributed by atoms with Gasteiger partial charge in [-0.15, -0.1) is 0 Å². The highest BCUT2D eigenvalue weighted by atomic mass is 16.2. The molecule has 0 aliphatic carbocycles. The molecule has 0 atom stereocenters. The predicted molar refractivity (Wildman–Crippen MR) is 98.2 cm³/mol. The molecule has 0 bridgehead atoms. The van der Waals surface area contributed by atoms with E-state index in [9.17, 15) is 4.79 Å². The average molecular weight is 311 g/mol. The molecule has 4 rings (SSSR count). The van der Waals surface area contributed by atoms with Crippen LogP contribution in [-0.4, -0.2) is 5.91 Å². The number of hydrogen-bond donors (Lipinski definition) is 0. The second kappa shape index (κ2) is 6.17. The fourth-order valence-corrected chi connectivity index (χ4v) is 3.17. The van der Waals surface area contributed by atoms with E-state index in [0.29, 0.717) is 6.42 Å². The summed E-state index contributed by atoms with van der Waals surface area (Å²) >= 11 is 0. The third kappa shape index (κ3) is 2.52. The molecule has 2 heteroatoms. The zero-order valence-electron chi connectivity index (χ0n) is 13.2. The summed E-state index contributed by atoms with van der Waals surface area (Å²) in [5, 5.41) is 0. The summed E-state index contributed by atoms with van der Waals surface area (Å²) in [7, 11) is 0. The van der Waals surface area contributed by atoms with Gasteiger partial charge in [0.15, 0.2) is 0 Å². The molecule has 24 heavy (non-hydrogen) atoms. The molecule has 1 amide bonds. The Morgan fingerprint density at radius 2 is 1.33 bits per heavy atom. The molecule has 3 aromatic carbocycles. The number of anilines is 2. The van der Waals surface area contributed by atoms with Gasteiger partial charge in [0, 0.05) is 17.7 Å². The number of amides is 1. The van der Waals surface area contributed by atoms with Gasteiger partial charge in [-0.1, -0.05) is 72.8 Å². The van der Waals surface area contributed by atoms with Crippen molar-refractivity contribution in [2.75, 3.05) is 4.90 Å². The van der Waals surface area contributed by atoms with Crippen molar-refractivity contribution in [1.29, 1.82) is 0 Å². The van der Waals surface area contributed by atoms with E-state index in [4.69, 9.17) is 0 Å². The van der Waals surface area contributed by atoms with Crippen LogP contribution in [-0.2, 0) is 4.79 Å². The minimum atomic E-state index is 0.0829. The van der Waals surface area contributed by atoms with Crippen LogP contribution in [0.1, 0.15) is 17.5 Å². The summed E-state index contributed by atoms with van der Waals surface area (Å²) in [4.78, 5) is 14.7. The molecule has 1 aliphatic heterocycles. The van der Waals surface area contributed by atoms with Gasteiger partial charge in [-0.3, -0.25) is 9.69 Å². The Morgan fingerprint density at radius 3 is 2.08 bits per heavy atom. The van der Waals surface area contributed by atoms with Crippen molar-refractivity contribution >= 4 is 22.9 Å². The first-order chi connectivity index (χ1) is 11.8. The molecule has 2 nitrogen and oxygen atoms in total. The fraction of sp³-hybridized carbons (Fsp3) is 0.0455. The molecule has 0 saturated heterocycles. The molecule has 0 aromatic heterocycles. The van der Waals surface area contributed by atoms with Crippen molar-refractivity contribution in [3.05, 3.63) is 102 Å². The maximum absolute atomic E-state index is 12.8. The summed E-state index contributed by atoms with van der Waals surface area (Å²) in [5.74, 6) is 0.0829. The minimum Gasteiger partial charge on any atom is -0.280 e. The molecule has 0 radical (unpaired) electrons. The Balaban J connectivity index is 1.91. The largest absolute Gasteiger partial charge is 0.280 e. The van der Waals surface area contributed by atoms with Gasteiger partial charge in [-0.2, -0.15) is 0 Å². The first-order valence-electron chi connectivity index (χ1n) is 8.07. The van der Waals surface area contributed by atoms with Crippen LogP contribution in [0.2, 0.25) is 0 Å². The van der Waals surface area contributed by atoms with Crippen LogP contribution in [0.3, 0.4) is 0 Å². The lowest BCUT2D eigenvalue weighted by atomic mass is 9.96. The summed E-state index contributed by atoms with van der Waals surface area (Å²) in [6.07, 6.45) is 2.42. The normalized spacial score (nSPS) is 13.9. The van der Waals surface area contributed by atoms with Crippen LogP contribution >= 0.6 is 0 Å². The van der Waals surface area contributed by atoms with Gasteiger partial charge in [0.25, 0.3) is 0 Å². The highest BCUT2D eigenvalue weighted by molar-refractivity contribution is 6.07. The number of hydrogen-bond acceptors (Lipinski definition) is 1. The summed E-state index contributed by atoms with van der Waals surface area (Å²) in [5.41, 5.74) is 5.16. The van der Waals surface area contributed by atoms with E-state index in [-0.39, 0.29) is 5.91 Å². The van der Waals surface area contributed by atoms with Crippen molar-refractivity contribution in [2.24, 2.45) is 0 Å². The van der Waals surface area contributed by atoms with Gasteiger partial charge in [-0.05, 0) is 29.3 Å². The smallest absolute Gasteiger partial charge is 0.235 e. The number of nitrogens with zero attached hydrogens (tertiary/aromatic N) is 1. The monoisotopic (exact) mass is 311 g/mol. The third-order valence-electron chi connectivity index (χ3n) is 4.26. The molecule has 0 N–H and O–H groups in total. The molecule has 1 heterocycles. The quantitative estimate of drug-likeness (QED) is 0.638. The molecule has 116 valence electrons. The van der Waals surface area contributed by atoms with Gasteiger partial charge < -0.3 is 0 Å². The van der Waals surface area contributed by atoms with E-state index in [0.717, 1.165) is 28.1 Å². The van der Waals surface area contributed by atoms with Gasteiger partial charge in [-0.25, -0.2) is 0 Å². The van der Waals surface area contributed by atoms with Crippen LogP contribution in [0.5, 0.6) is 0 Å². The van der Waals surface area contributed by atoms with Gasteiger partial charge in [0.1, 0.15) is 0 Å². The topological polar surface area (TPSA) is 20.3 Å². The van der Waals surface area contributed by atoms with Crippen molar-refractivity contribution in [1.82, 2.24) is 0 Å². The Hall–Kier alpha value is -3.13. The SMILES string of the molecule is O=C1CC=C(c2ccccc2)c2ccccc2N1c1ccccc1. The Morgan fingerprint density at radius 1 is 0.708 bits per heavy atom. The van der Waals surface area contributed by atoms with Crippen molar-refractivity contribution in [3.8, 4) is 0 Å². The van der Waals surface area contributed by atoms with Crippen LogP contribution in [0, 0.1) is 0 Å². The predicted octanol–water partition coefficient (Wildman–Crippen LogP) is 5.19. The standard InChI is InChI=1S/C22H17NO/c24-22-16-15-19(17-9-3-1-4-10-17)20-13-7-8-14-21(20)23(22)18-11-5-2-6-12-18/h1-15H,16H2. The zero-order chi connectivity index (χ0) is 16.4. The highest BCUT2D eigenvalue weighted by Gasteiger charge is 2.24. The van der Waals surface area contributed by atoms with E-state index >= 15 is 0 Å². The van der Waals surface area contributed by atoms with Gasteiger partial charge in [0.2, 0.25) is 5.91 Å². The summed E-state index contributed by atoms with van der Waals surface area (Å²) in [6.45, 7) is 0. The number of para-hydroxylation sites is 2. The molecule has 0 fully saturated rings. The molecule has 0 saturated carbocycles. The maximum Gasteiger partial charge on any atom is 0.235 e. The molecular weight excluding hydrogens is 294 g/mol. The fourth-order valence-electron chi connectivity index (χ4n) is 3.17. The van der Waals surface area contributed by atoms with Gasteiger partial charge >= 0.3 is 0 Å². The van der Waals surface area contributed by atoms with Crippen LogP contribution in [0.4, 0.5) is 11.4 Å².